The van der Waals surface area contributed by atoms with Crippen molar-refractivity contribution in [2.45, 2.75) is 26.3 Å². The Kier molecular flexibility index (Phi) is 3.90. The topological polar surface area (TPSA) is 83.0 Å². The van der Waals surface area contributed by atoms with Crippen LogP contribution in [0.4, 0.5) is 5.82 Å². The van der Waals surface area contributed by atoms with Gasteiger partial charge in [0.1, 0.15) is 0 Å². The van der Waals surface area contributed by atoms with Gasteiger partial charge in [0, 0.05) is 6.42 Å². The minimum Gasteiger partial charge on any atom is -0.466 e. The highest BCUT2D eigenvalue weighted by atomic mass is 16.5. The van der Waals surface area contributed by atoms with Crippen LogP contribution in [-0.2, 0) is 16.1 Å². The van der Waals surface area contributed by atoms with E-state index in [1.165, 1.54) is 11.0 Å². The summed E-state index contributed by atoms with van der Waals surface area (Å²) in [6, 6.07) is 0. The quantitative estimate of drug-likeness (QED) is 0.683. The Bertz CT molecular complexity index is 297. The molecule has 6 nitrogen and oxygen atoms in total. The number of anilines is 1. The average molecular weight is 198 g/mol. The van der Waals surface area contributed by atoms with E-state index in [9.17, 15) is 4.79 Å². The fourth-order valence-corrected chi connectivity index (χ4v) is 1.02. The van der Waals surface area contributed by atoms with Gasteiger partial charge in [0.25, 0.3) is 0 Å². The molecule has 14 heavy (non-hydrogen) atoms. The van der Waals surface area contributed by atoms with E-state index in [2.05, 4.69) is 10.2 Å². The number of hydrogen-bond donors (Lipinski definition) is 1. The average Bonchev–Trinajstić information content (AvgIpc) is 2.52. The molecule has 0 spiro atoms. The maximum atomic E-state index is 10.9. The molecule has 0 atom stereocenters. The van der Waals surface area contributed by atoms with Crippen LogP contribution in [0.1, 0.15) is 19.8 Å². The SMILES string of the molecule is CCOC(=O)CCCn1ncc(N)n1. The maximum absolute atomic E-state index is 10.9. The molecule has 1 heterocycles. The normalized spacial score (nSPS) is 10.1. The highest BCUT2D eigenvalue weighted by Gasteiger charge is 2.02. The van der Waals surface area contributed by atoms with Gasteiger partial charge in [-0.2, -0.15) is 9.90 Å². The number of nitrogens with two attached hydrogens (primary N) is 1. The first kappa shape index (κ1) is 10.5. The Morgan fingerprint density at radius 2 is 2.50 bits per heavy atom. The predicted molar refractivity (Wildman–Crippen MR) is 50.3 cm³/mol. The lowest BCUT2D eigenvalue weighted by Gasteiger charge is -2.00. The number of esters is 1. The van der Waals surface area contributed by atoms with Gasteiger partial charge in [-0.05, 0) is 13.3 Å². The first-order valence-corrected chi connectivity index (χ1v) is 4.53. The summed E-state index contributed by atoms with van der Waals surface area (Å²) in [5.74, 6) is 0.203. The molecule has 0 fully saturated rings. The van der Waals surface area contributed by atoms with Crippen molar-refractivity contribution < 1.29 is 9.53 Å². The number of carbonyl (C=O) groups excluding carboxylic acids is 1. The lowest BCUT2D eigenvalue weighted by molar-refractivity contribution is -0.143. The molecule has 0 amide bonds. The lowest BCUT2D eigenvalue weighted by atomic mass is 10.3. The van der Waals surface area contributed by atoms with Gasteiger partial charge >= 0.3 is 5.97 Å². The summed E-state index contributed by atoms with van der Waals surface area (Å²) in [6.45, 7) is 2.79. The zero-order chi connectivity index (χ0) is 10.4. The van der Waals surface area contributed by atoms with Crippen LogP contribution in [0.5, 0.6) is 0 Å². The molecule has 0 unspecified atom stereocenters. The minimum absolute atomic E-state index is 0.187. The Labute approximate surface area is 82.0 Å². The molecular weight excluding hydrogens is 184 g/mol. The van der Waals surface area contributed by atoms with Crippen LogP contribution in [0.2, 0.25) is 0 Å². The van der Waals surface area contributed by atoms with Crippen molar-refractivity contribution in [1.82, 2.24) is 15.0 Å². The van der Waals surface area contributed by atoms with Gasteiger partial charge in [-0.25, -0.2) is 0 Å². The van der Waals surface area contributed by atoms with Gasteiger partial charge in [-0.1, -0.05) is 0 Å². The van der Waals surface area contributed by atoms with Gasteiger partial charge in [0.05, 0.1) is 19.3 Å². The largest absolute Gasteiger partial charge is 0.466 e. The van der Waals surface area contributed by atoms with E-state index in [0.717, 1.165) is 0 Å². The van der Waals surface area contributed by atoms with Crippen LogP contribution >= 0.6 is 0 Å². The molecule has 0 saturated heterocycles. The fraction of sp³-hybridized carbons (Fsp3) is 0.625. The van der Waals surface area contributed by atoms with Crippen LogP contribution in [0, 0.1) is 0 Å². The third-order valence-electron chi connectivity index (χ3n) is 1.60. The molecule has 0 aromatic carbocycles. The highest BCUT2D eigenvalue weighted by molar-refractivity contribution is 5.69. The van der Waals surface area contributed by atoms with Gasteiger partial charge in [-0.15, -0.1) is 5.10 Å². The van der Waals surface area contributed by atoms with E-state index in [4.69, 9.17) is 10.5 Å². The predicted octanol–water partition coefficient (Wildman–Crippen LogP) is 0.204. The zero-order valence-corrected chi connectivity index (χ0v) is 8.14. The number of carbonyl (C=O) groups is 1. The monoisotopic (exact) mass is 198 g/mol. The van der Waals surface area contributed by atoms with Crippen molar-refractivity contribution >= 4 is 11.8 Å². The summed E-state index contributed by atoms with van der Waals surface area (Å²) in [7, 11) is 0. The van der Waals surface area contributed by atoms with Crippen LogP contribution in [-0.4, -0.2) is 27.6 Å². The number of hydrogen-bond acceptors (Lipinski definition) is 5. The molecule has 2 N–H and O–H groups in total. The van der Waals surface area contributed by atoms with Crippen molar-refractivity contribution in [1.29, 1.82) is 0 Å². The molecule has 0 radical (unpaired) electrons. The molecule has 0 saturated carbocycles. The highest BCUT2D eigenvalue weighted by Crippen LogP contribution is 1.97. The second-order valence-electron chi connectivity index (χ2n) is 2.77. The van der Waals surface area contributed by atoms with Crippen molar-refractivity contribution in [3.63, 3.8) is 0 Å². The number of rotatable bonds is 5. The first-order chi connectivity index (χ1) is 6.72. The minimum atomic E-state index is -0.187. The second kappa shape index (κ2) is 5.21. The Hall–Kier alpha value is -1.59. The Morgan fingerprint density at radius 3 is 3.07 bits per heavy atom. The summed E-state index contributed by atoms with van der Waals surface area (Å²) >= 11 is 0. The maximum Gasteiger partial charge on any atom is 0.305 e. The third-order valence-corrected chi connectivity index (χ3v) is 1.60. The summed E-state index contributed by atoms with van der Waals surface area (Å²) < 4.78 is 4.77. The molecule has 1 aromatic heterocycles. The van der Waals surface area contributed by atoms with Crippen LogP contribution in [0.25, 0.3) is 0 Å². The number of nitrogens with zero attached hydrogens (tertiary/aromatic N) is 3. The van der Waals surface area contributed by atoms with E-state index < -0.39 is 0 Å². The lowest BCUT2D eigenvalue weighted by Crippen LogP contribution is -2.08. The molecule has 0 aliphatic carbocycles. The van der Waals surface area contributed by atoms with Gasteiger partial charge in [-0.3, -0.25) is 4.79 Å². The van der Waals surface area contributed by atoms with E-state index in [-0.39, 0.29) is 5.97 Å². The molecule has 0 bridgehead atoms. The molecule has 0 aliphatic rings. The van der Waals surface area contributed by atoms with Crippen molar-refractivity contribution in [3.8, 4) is 0 Å². The van der Waals surface area contributed by atoms with Crippen LogP contribution in [0.3, 0.4) is 0 Å². The standard InChI is InChI=1S/C8H14N4O2/c1-2-14-8(13)4-3-5-12-10-6-7(9)11-12/h6H,2-5H2,1H3,(H2,9,11). The number of nitrogen functional groups attached to an aromatic ring is 1. The van der Waals surface area contributed by atoms with E-state index in [1.54, 1.807) is 6.92 Å². The van der Waals surface area contributed by atoms with Crippen LogP contribution < -0.4 is 5.73 Å². The number of aryl methyl sites for hydroxylation is 1. The summed E-state index contributed by atoms with van der Waals surface area (Å²) in [5.41, 5.74) is 5.37. The molecule has 1 aromatic rings. The molecular formula is C8H14N4O2. The third kappa shape index (κ3) is 3.42. The van der Waals surface area contributed by atoms with E-state index in [1.807, 2.05) is 0 Å². The van der Waals surface area contributed by atoms with Crippen molar-refractivity contribution in [3.05, 3.63) is 6.20 Å². The van der Waals surface area contributed by atoms with Gasteiger partial charge < -0.3 is 10.5 Å². The molecule has 1 rings (SSSR count). The smallest absolute Gasteiger partial charge is 0.305 e. The summed E-state index contributed by atoms with van der Waals surface area (Å²) in [5, 5.41) is 7.77. The number of ether oxygens (including phenoxy) is 1. The molecule has 78 valence electrons. The van der Waals surface area contributed by atoms with E-state index >= 15 is 0 Å². The molecule has 0 aliphatic heterocycles. The van der Waals surface area contributed by atoms with Crippen molar-refractivity contribution in [2.24, 2.45) is 0 Å². The Balaban J connectivity index is 2.18. The van der Waals surface area contributed by atoms with Crippen molar-refractivity contribution in [2.75, 3.05) is 12.3 Å². The zero-order valence-electron chi connectivity index (χ0n) is 8.14. The second-order valence-corrected chi connectivity index (χ2v) is 2.77. The Morgan fingerprint density at radius 1 is 1.71 bits per heavy atom. The van der Waals surface area contributed by atoms with Gasteiger partial charge in [0.15, 0.2) is 5.82 Å². The van der Waals surface area contributed by atoms with Crippen LogP contribution in [0.15, 0.2) is 6.20 Å². The first-order valence-electron chi connectivity index (χ1n) is 4.53. The molecule has 6 heteroatoms. The number of aromatic nitrogens is 3. The summed E-state index contributed by atoms with van der Waals surface area (Å²) in [4.78, 5) is 12.4. The summed E-state index contributed by atoms with van der Waals surface area (Å²) in [6.07, 6.45) is 2.52. The van der Waals surface area contributed by atoms with E-state index in [0.29, 0.717) is 31.8 Å². The van der Waals surface area contributed by atoms with Gasteiger partial charge in [0.2, 0.25) is 0 Å². The fourth-order valence-electron chi connectivity index (χ4n) is 1.02.